The second-order valence-corrected chi connectivity index (χ2v) is 6.92. The van der Waals surface area contributed by atoms with Crippen LogP contribution in [0.4, 0.5) is 0 Å². The lowest BCUT2D eigenvalue weighted by molar-refractivity contribution is -0.123. The molecule has 0 unspecified atom stereocenters. The molecule has 1 saturated heterocycles. The third-order valence-electron chi connectivity index (χ3n) is 5.10. The summed E-state index contributed by atoms with van der Waals surface area (Å²) < 4.78 is 0. The minimum atomic E-state index is -0.0716. The van der Waals surface area contributed by atoms with Crippen molar-refractivity contribution in [3.63, 3.8) is 0 Å². The van der Waals surface area contributed by atoms with Crippen LogP contribution in [0.3, 0.4) is 0 Å². The van der Waals surface area contributed by atoms with Crippen LogP contribution in [0.25, 0.3) is 0 Å². The lowest BCUT2D eigenvalue weighted by atomic mass is 10.0. The lowest BCUT2D eigenvalue weighted by Gasteiger charge is -2.16. The van der Waals surface area contributed by atoms with Gasteiger partial charge in [-0.05, 0) is 32.6 Å². The molecule has 1 spiro atoms. The van der Waals surface area contributed by atoms with Gasteiger partial charge in [0.1, 0.15) is 5.69 Å². The van der Waals surface area contributed by atoms with Crippen molar-refractivity contribution < 1.29 is 9.59 Å². The molecule has 1 N–H and O–H groups in total. The standard InChI is InChI=1S/C16H20N4O2/c1-10-7-18-13(8-17-10)15(22)20-5-4-16(9-20)6-12(16)14(21)19-11-2-3-11/h7-8,11-12H,2-6,9H2,1H3,(H,19,21)/t12-,16-/m1/s1. The first-order valence-corrected chi connectivity index (χ1v) is 7.96. The van der Waals surface area contributed by atoms with Gasteiger partial charge in [-0.2, -0.15) is 0 Å². The number of nitrogens with one attached hydrogen (secondary N) is 1. The van der Waals surface area contributed by atoms with Crippen molar-refractivity contribution in [1.29, 1.82) is 0 Å². The number of carbonyl (C=O) groups is 2. The summed E-state index contributed by atoms with van der Waals surface area (Å²) in [6, 6.07) is 0.409. The number of nitrogens with zero attached hydrogens (tertiary/aromatic N) is 3. The first-order valence-electron chi connectivity index (χ1n) is 7.96. The highest BCUT2D eigenvalue weighted by Gasteiger charge is 2.61. The van der Waals surface area contributed by atoms with Gasteiger partial charge in [-0.15, -0.1) is 0 Å². The summed E-state index contributed by atoms with van der Waals surface area (Å²) in [6.45, 7) is 3.23. The van der Waals surface area contributed by atoms with Crippen molar-refractivity contribution >= 4 is 11.8 Å². The summed E-state index contributed by atoms with van der Waals surface area (Å²) in [5.74, 6) is 0.208. The van der Waals surface area contributed by atoms with E-state index in [1.165, 1.54) is 6.20 Å². The molecule has 2 aliphatic carbocycles. The fourth-order valence-corrected chi connectivity index (χ4v) is 3.43. The quantitative estimate of drug-likeness (QED) is 0.900. The Labute approximate surface area is 129 Å². The van der Waals surface area contributed by atoms with Crippen LogP contribution in [0, 0.1) is 18.3 Å². The first-order chi connectivity index (χ1) is 10.6. The van der Waals surface area contributed by atoms with Gasteiger partial charge >= 0.3 is 0 Å². The molecule has 3 aliphatic rings. The van der Waals surface area contributed by atoms with Gasteiger partial charge in [-0.3, -0.25) is 14.6 Å². The van der Waals surface area contributed by atoms with Crippen molar-refractivity contribution in [2.24, 2.45) is 11.3 Å². The van der Waals surface area contributed by atoms with Gasteiger partial charge in [0.15, 0.2) is 0 Å². The summed E-state index contributed by atoms with van der Waals surface area (Å²) in [6.07, 6.45) is 7.20. The zero-order valence-corrected chi connectivity index (χ0v) is 12.7. The Morgan fingerprint density at radius 2 is 2.14 bits per heavy atom. The number of rotatable bonds is 3. The number of hydrogen-bond acceptors (Lipinski definition) is 4. The molecule has 116 valence electrons. The number of amides is 2. The van der Waals surface area contributed by atoms with E-state index in [2.05, 4.69) is 15.3 Å². The predicted octanol–water partition coefficient (Wildman–Crippen LogP) is 0.916. The highest BCUT2D eigenvalue weighted by atomic mass is 16.2. The third kappa shape index (κ3) is 2.36. The van der Waals surface area contributed by atoms with Crippen molar-refractivity contribution in [2.45, 2.75) is 38.6 Å². The molecule has 0 radical (unpaired) electrons. The van der Waals surface area contributed by atoms with Crippen LogP contribution in [0.1, 0.15) is 41.9 Å². The van der Waals surface area contributed by atoms with Crippen LogP contribution in [0.15, 0.2) is 12.4 Å². The molecule has 2 heterocycles. The van der Waals surface area contributed by atoms with Crippen LogP contribution in [0.2, 0.25) is 0 Å². The molecule has 0 aromatic carbocycles. The highest BCUT2D eigenvalue weighted by Crippen LogP contribution is 2.58. The van der Waals surface area contributed by atoms with Crippen molar-refractivity contribution in [3.05, 3.63) is 23.8 Å². The first kappa shape index (κ1) is 13.7. The maximum absolute atomic E-state index is 12.5. The Kier molecular flexibility index (Phi) is 2.96. The van der Waals surface area contributed by atoms with Crippen LogP contribution in [-0.2, 0) is 4.79 Å². The molecule has 6 heteroatoms. The zero-order chi connectivity index (χ0) is 15.3. The van der Waals surface area contributed by atoms with E-state index in [-0.39, 0.29) is 23.1 Å². The minimum absolute atomic E-state index is 0.0206. The zero-order valence-electron chi connectivity index (χ0n) is 12.7. The van der Waals surface area contributed by atoms with Gasteiger partial charge in [0.05, 0.1) is 11.9 Å². The molecule has 4 rings (SSSR count). The normalized spacial score (nSPS) is 29.7. The maximum atomic E-state index is 12.5. The molecule has 2 saturated carbocycles. The van der Waals surface area contributed by atoms with E-state index in [1.54, 1.807) is 6.20 Å². The summed E-state index contributed by atoms with van der Waals surface area (Å²) in [7, 11) is 0. The van der Waals surface area contributed by atoms with Crippen molar-refractivity contribution in [2.75, 3.05) is 13.1 Å². The molecular weight excluding hydrogens is 280 g/mol. The molecular formula is C16H20N4O2. The number of carbonyl (C=O) groups excluding carboxylic acids is 2. The van der Waals surface area contributed by atoms with Gasteiger partial charge in [0, 0.05) is 36.7 Å². The Morgan fingerprint density at radius 1 is 1.32 bits per heavy atom. The predicted molar refractivity (Wildman–Crippen MR) is 79.0 cm³/mol. The monoisotopic (exact) mass is 300 g/mol. The largest absolute Gasteiger partial charge is 0.353 e. The van der Waals surface area contributed by atoms with Gasteiger partial charge in [0.25, 0.3) is 5.91 Å². The van der Waals surface area contributed by atoms with Gasteiger partial charge in [-0.1, -0.05) is 0 Å². The smallest absolute Gasteiger partial charge is 0.274 e. The van der Waals surface area contributed by atoms with E-state index >= 15 is 0 Å². The summed E-state index contributed by atoms with van der Waals surface area (Å²) in [5.41, 5.74) is 1.21. The summed E-state index contributed by atoms with van der Waals surface area (Å²) in [5, 5.41) is 3.08. The SMILES string of the molecule is Cc1cnc(C(=O)N2CC[C@@]3(C[C@@H]3C(=O)NC3CC3)C2)cn1. The molecule has 2 atom stereocenters. The molecule has 1 aromatic rings. The molecule has 1 aliphatic heterocycles. The maximum Gasteiger partial charge on any atom is 0.274 e. The van der Waals surface area contributed by atoms with E-state index in [4.69, 9.17) is 0 Å². The molecule has 3 fully saturated rings. The Balaban J connectivity index is 1.39. The van der Waals surface area contributed by atoms with E-state index in [0.717, 1.165) is 31.4 Å². The van der Waals surface area contributed by atoms with Crippen molar-refractivity contribution in [3.8, 4) is 0 Å². The lowest BCUT2D eigenvalue weighted by Crippen LogP contribution is -2.32. The number of aryl methyl sites for hydroxylation is 1. The van der Waals surface area contributed by atoms with Crippen LogP contribution < -0.4 is 5.32 Å². The average Bonchev–Trinajstić information content (AvgIpc) is 3.38. The summed E-state index contributed by atoms with van der Waals surface area (Å²) >= 11 is 0. The summed E-state index contributed by atoms with van der Waals surface area (Å²) in [4.78, 5) is 34.7. The Morgan fingerprint density at radius 3 is 2.82 bits per heavy atom. The Bertz CT molecular complexity index is 626. The molecule has 2 amide bonds. The second-order valence-electron chi connectivity index (χ2n) is 6.92. The number of hydrogen-bond donors (Lipinski definition) is 1. The van der Waals surface area contributed by atoms with E-state index in [9.17, 15) is 9.59 Å². The number of aromatic nitrogens is 2. The van der Waals surface area contributed by atoms with Crippen LogP contribution in [-0.4, -0.2) is 45.8 Å². The average molecular weight is 300 g/mol. The van der Waals surface area contributed by atoms with E-state index < -0.39 is 0 Å². The third-order valence-corrected chi connectivity index (χ3v) is 5.10. The van der Waals surface area contributed by atoms with Crippen LogP contribution >= 0.6 is 0 Å². The van der Waals surface area contributed by atoms with Crippen LogP contribution in [0.5, 0.6) is 0 Å². The van der Waals surface area contributed by atoms with Gasteiger partial charge in [0.2, 0.25) is 5.91 Å². The second kappa shape index (κ2) is 4.76. The minimum Gasteiger partial charge on any atom is -0.353 e. The Hall–Kier alpha value is -1.98. The van der Waals surface area contributed by atoms with Crippen molar-refractivity contribution in [1.82, 2.24) is 20.2 Å². The molecule has 6 nitrogen and oxygen atoms in total. The fourth-order valence-electron chi connectivity index (χ4n) is 3.43. The topological polar surface area (TPSA) is 75.2 Å². The fraction of sp³-hybridized carbons (Fsp3) is 0.625. The van der Waals surface area contributed by atoms with E-state index in [1.807, 2.05) is 11.8 Å². The highest BCUT2D eigenvalue weighted by molar-refractivity contribution is 5.92. The van der Waals surface area contributed by atoms with E-state index in [0.29, 0.717) is 24.8 Å². The molecule has 0 bridgehead atoms. The van der Waals surface area contributed by atoms with Gasteiger partial charge < -0.3 is 10.2 Å². The molecule has 22 heavy (non-hydrogen) atoms. The molecule has 1 aromatic heterocycles. The van der Waals surface area contributed by atoms with Gasteiger partial charge in [-0.25, -0.2) is 4.98 Å². The number of likely N-dealkylation sites (tertiary alicyclic amines) is 1.